The number of hydrogen-bond donors (Lipinski definition) is 3. The van der Waals surface area contributed by atoms with Gasteiger partial charge in [0.05, 0.1) is 63.3 Å². The molecule has 22 heteroatoms. The van der Waals surface area contributed by atoms with E-state index in [4.69, 9.17) is 24.7 Å². The van der Waals surface area contributed by atoms with Gasteiger partial charge in [-0.15, -0.1) is 0 Å². The Labute approximate surface area is 392 Å². The summed E-state index contributed by atoms with van der Waals surface area (Å²) in [5.41, 5.74) is 9.37. The monoisotopic (exact) mass is 976 g/mol. The molecule has 0 radical (unpaired) electrons. The fourth-order valence-corrected chi connectivity index (χ4v) is 8.62. The van der Waals surface area contributed by atoms with Gasteiger partial charge in [0, 0.05) is 75.2 Å². The van der Waals surface area contributed by atoms with Crippen LogP contribution < -0.4 is 21.1 Å². The van der Waals surface area contributed by atoms with Crippen LogP contribution >= 0.6 is 0 Å². The first-order valence-corrected chi connectivity index (χ1v) is 23.6. The number of halogens is 4. The lowest BCUT2D eigenvalue weighted by Gasteiger charge is -2.38. The Morgan fingerprint density at radius 3 is 2.18 bits per heavy atom. The molecule has 68 heavy (non-hydrogen) atoms. The van der Waals surface area contributed by atoms with Gasteiger partial charge >= 0.3 is 12.1 Å². The molecule has 2 heterocycles. The maximum absolute atomic E-state index is 13.7. The van der Waals surface area contributed by atoms with E-state index in [1.807, 2.05) is 19.1 Å². The molecule has 0 saturated carbocycles. The van der Waals surface area contributed by atoms with Crippen LogP contribution in [0.1, 0.15) is 51.5 Å². The van der Waals surface area contributed by atoms with Crippen LogP contribution in [0.2, 0.25) is 0 Å². The third-order valence-electron chi connectivity index (χ3n) is 10.5. The third-order valence-corrected chi connectivity index (χ3v) is 12.3. The Morgan fingerprint density at radius 1 is 0.838 bits per heavy atom. The molecule has 0 unspecified atom stereocenters. The number of alkyl carbamates (subject to hydrolysis) is 1. The second kappa shape index (κ2) is 26.0. The molecule has 370 valence electrons. The number of carbonyl (C=O) groups is 4. The second-order valence-corrected chi connectivity index (χ2v) is 17.6. The van der Waals surface area contributed by atoms with Crippen LogP contribution in [0.4, 0.5) is 28.0 Å². The highest BCUT2D eigenvalue weighted by atomic mass is 32.2. The summed E-state index contributed by atoms with van der Waals surface area (Å²) in [6, 6.07) is 12.1. The highest BCUT2D eigenvalue weighted by Gasteiger charge is 2.37. The molecule has 17 nitrogen and oxygen atoms in total. The van der Waals surface area contributed by atoms with E-state index in [1.54, 1.807) is 42.2 Å². The molecule has 4 N–H and O–H groups in total. The maximum Gasteiger partial charge on any atom is 0.407 e. The molecule has 1 fully saturated rings. The van der Waals surface area contributed by atoms with Gasteiger partial charge in [-0.1, -0.05) is 31.2 Å². The van der Waals surface area contributed by atoms with Crippen molar-refractivity contribution in [1.29, 1.82) is 0 Å². The fourth-order valence-electron chi connectivity index (χ4n) is 6.99. The number of benzene rings is 3. The van der Waals surface area contributed by atoms with Gasteiger partial charge in [0.25, 0.3) is 0 Å². The van der Waals surface area contributed by atoms with Crippen molar-refractivity contribution >= 4 is 51.5 Å². The lowest BCUT2D eigenvalue weighted by molar-refractivity contribution is -0.136. The summed E-state index contributed by atoms with van der Waals surface area (Å²) in [4.78, 5) is 55.9. The topological polar surface area (TPSA) is 217 Å². The number of sulfonamides is 1. The number of amidine groups is 1. The van der Waals surface area contributed by atoms with Gasteiger partial charge in [-0.2, -0.15) is 13.1 Å². The highest BCUT2D eigenvalue weighted by Crippen LogP contribution is 2.34. The highest BCUT2D eigenvalue weighted by molar-refractivity contribution is 7.89. The first kappa shape index (κ1) is 53.0. The Kier molecular flexibility index (Phi) is 20.3. The van der Waals surface area contributed by atoms with E-state index in [0.29, 0.717) is 54.0 Å². The van der Waals surface area contributed by atoms with Gasteiger partial charge in [-0.05, 0) is 55.2 Å². The summed E-state index contributed by atoms with van der Waals surface area (Å²) in [6.45, 7) is 6.43. The predicted octanol–water partition coefficient (Wildman–Crippen LogP) is 5.23. The molecular formula is C46H56F4N6O11S. The smallest absolute Gasteiger partial charge is 0.407 e. The van der Waals surface area contributed by atoms with Crippen molar-refractivity contribution in [3.8, 4) is 16.9 Å². The Hall–Kier alpha value is -5.94. The van der Waals surface area contributed by atoms with Gasteiger partial charge in [-0.25, -0.2) is 27.0 Å². The number of amides is 3. The minimum atomic E-state index is -3.84. The van der Waals surface area contributed by atoms with Crippen molar-refractivity contribution in [3.63, 3.8) is 0 Å². The number of nitrogens with two attached hydrogens (primary N) is 1. The third kappa shape index (κ3) is 15.3. The summed E-state index contributed by atoms with van der Waals surface area (Å²) in [6.07, 6.45) is 2.33. The second-order valence-electron chi connectivity index (χ2n) is 15.6. The normalized spacial score (nSPS) is 13.9. The lowest BCUT2D eigenvalue weighted by Crippen LogP contribution is -2.53. The molecule has 0 spiro atoms. The zero-order chi connectivity index (χ0) is 49.2. The molecule has 2 aliphatic heterocycles. The number of nitrogens with zero attached hydrogens (tertiary/aromatic N) is 3. The summed E-state index contributed by atoms with van der Waals surface area (Å²) in [7, 11) is -3.84. The van der Waals surface area contributed by atoms with Crippen LogP contribution in [-0.2, 0) is 43.4 Å². The average molecular weight is 977 g/mol. The van der Waals surface area contributed by atoms with Crippen LogP contribution in [-0.4, -0.2) is 133 Å². The molecule has 0 atom stereocenters. The molecule has 1 saturated heterocycles. The molecule has 3 aromatic carbocycles. The Bertz CT molecular complexity index is 2410. The summed E-state index contributed by atoms with van der Waals surface area (Å²) < 4.78 is 108. The Morgan fingerprint density at radius 2 is 1.50 bits per heavy atom. The van der Waals surface area contributed by atoms with Crippen molar-refractivity contribution in [3.05, 3.63) is 82.9 Å². The van der Waals surface area contributed by atoms with Crippen molar-refractivity contribution in [2.75, 3.05) is 85.5 Å². The summed E-state index contributed by atoms with van der Waals surface area (Å²) in [5, 5.41) is 5.48. The zero-order valence-electron chi connectivity index (χ0n) is 37.8. The van der Waals surface area contributed by atoms with Crippen molar-refractivity contribution in [2.24, 2.45) is 16.6 Å². The number of rotatable bonds is 26. The quantitative estimate of drug-likeness (QED) is 0.0310. The van der Waals surface area contributed by atoms with Gasteiger partial charge < -0.3 is 45.0 Å². The zero-order valence-corrected chi connectivity index (χ0v) is 38.6. The summed E-state index contributed by atoms with van der Waals surface area (Å²) >= 11 is 0. The predicted molar refractivity (Wildman–Crippen MR) is 241 cm³/mol. The molecule has 5 rings (SSSR count). The number of carbonyl (C=O) groups excluding carboxylic acids is 4. The summed E-state index contributed by atoms with van der Waals surface area (Å²) in [5.74, 6) is -9.95. The van der Waals surface area contributed by atoms with E-state index in [-0.39, 0.29) is 113 Å². The molecule has 0 aromatic heterocycles. The van der Waals surface area contributed by atoms with Crippen molar-refractivity contribution < 1.29 is 68.8 Å². The van der Waals surface area contributed by atoms with Crippen molar-refractivity contribution in [1.82, 2.24) is 19.8 Å². The lowest BCUT2D eigenvalue weighted by atomic mass is 10.0. The molecule has 3 amide bonds. The van der Waals surface area contributed by atoms with Crippen LogP contribution in [0.15, 0.2) is 64.0 Å². The molecule has 2 aliphatic rings. The average Bonchev–Trinajstić information content (AvgIpc) is 3.46. The number of esters is 1. The van der Waals surface area contributed by atoms with Crippen LogP contribution in [0.5, 0.6) is 5.75 Å². The minimum absolute atomic E-state index is 0.00260. The SMILES string of the molecule is CCCN(CCCNC(=O)OCC)C(=O)C1=Cc2ccc(-c3cccc(S(=O)(=O)N4CC(CNC(=O)CCOCCOCCOCCC(=O)Oc5c(F)c(F)cc(F)c5F)C4)c3)cc2N=C(N)C1. The maximum atomic E-state index is 13.7. The van der Waals surface area contributed by atoms with E-state index in [2.05, 4.69) is 20.4 Å². The largest absolute Gasteiger partial charge is 0.450 e. The number of hydrogen-bond acceptors (Lipinski definition) is 13. The fraction of sp³-hybridized carbons (Fsp3) is 0.457. The molecule has 0 bridgehead atoms. The number of fused-ring (bicyclic) bond motifs is 1. The number of aliphatic imine (C=N–C) groups is 1. The van der Waals surface area contributed by atoms with Crippen molar-refractivity contribution in [2.45, 2.75) is 50.8 Å². The minimum Gasteiger partial charge on any atom is -0.450 e. The van der Waals surface area contributed by atoms with E-state index < -0.39 is 57.5 Å². The van der Waals surface area contributed by atoms with E-state index >= 15 is 0 Å². The number of nitrogens with one attached hydrogen (secondary N) is 2. The van der Waals surface area contributed by atoms with Crippen LogP contribution in [0.3, 0.4) is 0 Å². The van der Waals surface area contributed by atoms with Crippen LogP contribution in [0.25, 0.3) is 17.2 Å². The standard InChI is InChI=1S/C46H56F4N6O11S/c1-3-14-55(15-6-13-52-46(60)66-4-2)45(59)34-22-33-10-9-32(24-38(33)54-39(51)25-34)31-7-5-8-35(23-31)68(61,62)56-28-30(29-56)27-53-40(57)11-16-63-18-20-65-21-19-64-17-12-41(58)67-44-42(49)36(47)26-37(48)43(44)50/h5,7-10,22-24,26,30H,3-4,6,11-21,25,27-29H2,1-2H3,(H2,51,54)(H,52,60)(H,53,57). The van der Waals surface area contributed by atoms with E-state index in [1.165, 1.54) is 10.4 Å². The van der Waals surface area contributed by atoms with Gasteiger partial charge in [0.15, 0.2) is 11.6 Å². The first-order chi connectivity index (χ1) is 32.6. The first-order valence-electron chi connectivity index (χ1n) is 22.1. The number of ether oxygens (including phenoxy) is 5. The molecule has 3 aromatic rings. The molecular weight excluding hydrogens is 921 g/mol. The van der Waals surface area contributed by atoms with Gasteiger partial charge in [0.2, 0.25) is 39.2 Å². The Balaban J connectivity index is 0.985. The van der Waals surface area contributed by atoms with Gasteiger partial charge in [0.1, 0.15) is 5.84 Å². The van der Waals surface area contributed by atoms with Gasteiger partial charge in [-0.3, -0.25) is 14.4 Å². The van der Waals surface area contributed by atoms with E-state index in [9.17, 15) is 45.2 Å². The van der Waals surface area contributed by atoms with Crippen LogP contribution in [0, 0.1) is 29.2 Å². The molecule has 0 aliphatic carbocycles. The van der Waals surface area contributed by atoms with E-state index in [0.717, 1.165) is 6.42 Å².